The zero-order valence-corrected chi connectivity index (χ0v) is 9.90. The van der Waals surface area contributed by atoms with Gasteiger partial charge in [0.15, 0.2) is 0 Å². The third-order valence-corrected chi connectivity index (χ3v) is 3.74. The molecule has 0 heterocycles. The molecule has 0 spiro atoms. The van der Waals surface area contributed by atoms with Crippen molar-refractivity contribution in [2.45, 2.75) is 41.0 Å². The van der Waals surface area contributed by atoms with E-state index in [2.05, 4.69) is 20.8 Å². The first-order valence-electron chi connectivity index (χ1n) is 4.41. The van der Waals surface area contributed by atoms with Crippen LogP contribution in [0.1, 0.15) is 41.0 Å². The Hall–Kier alpha value is -0.0900. The highest BCUT2D eigenvalue weighted by Gasteiger charge is 2.33. The van der Waals surface area contributed by atoms with Gasteiger partial charge in [0.1, 0.15) is 0 Å². The van der Waals surface area contributed by atoms with Gasteiger partial charge in [-0.2, -0.15) is 8.42 Å². The zero-order valence-electron chi connectivity index (χ0n) is 9.09. The Morgan fingerprint density at radius 3 is 1.69 bits per heavy atom. The van der Waals surface area contributed by atoms with Crippen LogP contribution in [-0.4, -0.2) is 18.7 Å². The first kappa shape index (κ1) is 12.9. The lowest BCUT2D eigenvalue weighted by Crippen LogP contribution is -2.31. The van der Waals surface area contributed by atoms with Gasteiger partial charge in [-0.3, -0.25) is 4.55 Å². The lowest BCUT2D eigenvalue weighted by atomic mass is 9.68. The first-order chi connectivity index (χ1) is 5.46. The molecule has 0 aliphatic rings. The van der Waals surface area contributed by atoms with Crippen LogP contribution in [0.3, 0.4) is 0 Å². The molecule has 0 amide bonds. The Morgan fingerprint density at radius 2 is 1.46 bits per heavy atom. The summed E-state index contributed by atoms with van der Waals surface area (Å²) in [6.07, 6.45) is 0.481. The van der Waals surface area contributed by atoms with E-state index in [1.54, 1.807) is 0 Å². The van der Waals surface area contributed by atoms with Crippen molar-refractivity contribution in [3.05, 3.63) is 0 Å². The van der Waals surface area contributed by atoms with Gasteiger partial charge in [0.2, 0.25) is 0 Å². The minimum absolute atomic E-state index is 0.0394. The standard InChI is InChI=1S/C9H20O3S/c1-8(2,3)9(4,5)6-7-13(10,11)12/h6-7H2,1-5H3,(H,10,11,12). The Bertz CT molecular complexity index is 257. The lowest BCUT2D eigenvalue weighted by molar-refractivity contribution is 0.127. The molecule has 0 aliphatic heterocycles. The summed E-state index contributed by atoms with van der Waals surface area (Å²) in [6.45, 7) is 10.2. The smallest absolute Gasteiger partial charge is 0.264 e. The highest BCUT2D eigenvalue weighted by molar-refractivity contribution is 7.85. The third kappa shape index (κ3) is 4.62. The van der Waals surface area contributed by atoms with Crippen molar-refractivity contribution in [1.82, 2.24) is 0 Å². The Labute approximate surface area is 81.3 Å². The molecule has 0 aromatic carbocycles. The van der Waals surface area contributed by atoms with Gasteiger partial charge in [-0.05, 0) is 17.3 Å². The maximum absolute atomic E-state index is 10.6. The molecule has 0 rings (SSSR count). The molecule has 0 aromatic rings. The fourth-order valence-electron chi connectivity index (χ4n) is 0.759. The molecular weight excluding hydrogens is 188 g/mol. The van der Waals surface area contributed by atoms with Crippen LogP contribution in [-0.2, 0) is 10.1 Å². The second kappa shape index (κ2) is 3.58. The Balaban J connectivity index is 4.38. The van der Waals surface area contributed by atoms with E-state index >= 15 is 0 Å². The molecule has 0 saturated heterocycles. The summed E-state index contributed by atoms with van der Waals surface area (Å²) in [5.41, 5.74) is -0.0551. The highest BCUT2D eigenvalue weighted by atomic mass is 32.2. The topological polar surface area (TPSA) is 54.4 Å². The number of rotatable bonds is 3. The van der Waals surface area contributed by atoms with E-state index in [1.807, 2.05) is 13.8 Å². The summed E-state index contributed by atoms with van der Waals surface area (Å²) in [5, 5.41) is 0. The quantitative estimate of drug-likeness (QED) is 0.724. The third-order valence-electron chi connectivity index (χ3n) is 3.02. The molecule has 0 atom stereocenters. The van der Waals surface area contributed by atoms with Gasteiger partial charge >= 0.3 is 0 Å². The van der Waals surface area contributed by atoms with Gasteiger partial charge < -0.3 is 0 Å². The van der Waals surface area contributed by atoms with Gasteiger partial charge in [-0.1, -0.05) is 34.6 Å². The van der Waals surface area contributed by atoms with Crippen LogP contribution in [0.5, 0.6) is 0 Å². The number of hydrogen-bond donors (Lipinski definition) is 1. The van der Waals surface area contributed by atoms with Crippen LogP contribution in [0.2, 0.25) is 0 Å². The maximum Gasteiger partial charge on any atom is 0.264 e. The molecule has 0 radical (unpaired) electrons. The van der Waals surface area contributed by atoms with Gasteiger partial charge in [-0.15, -0.1) is 0 Å². The molecule has 0 aromatic heterocycles. The second-order valence-corrected chi connectivity index (χ2v) is 6.74. The van der Waals surface area contributed by atoms with Crippen LogP contribution >= 0.6 is 0 Å². The fraction of sp³-hybridized carbons (Fsp3) is 1.00. The normalized spacial score (nSPS) is 14.6. The average molecular weight is 208 g/mol. The monoisotopic (exact) mass is 208 g/mol. The SMILES string of the molecule is CC(C)(C)C(C)(C)CCS(=O)(=O)O. The zero-order chi connectivity index (χ0) is 10.9. The molecule has 0 unspecified atom stereocenters. The van der Waals surface area contributed by atoms with E-state index in [-0.39, 0.29) is 16.6 Å². The van der Waals surface area contributed by atoms with E-state index in [0.717, 1.165) is 0 Å². The Kier molecular flexibility index (Phi) is 3.55. The summed E-state index contributed by atoms with van der Waals surface area (Å²) < 4.78 is 29.7. The largest absolute Gasteiger partial charge is 0.286 e. The lowest BCUT2D eigenvalue weighted by Gasteiger charge is -2.38. The molecule has 13 heavy (non-hydrogen) atoms. The molecular formula is C9H20O3S. The van der Waals surface area contributed by atoms with Gasteiger partial charge in [0, 0.05) is 0 Å². The van der Waals surface area contributed by atoms with Crippen molar-refractivity contribution in [2.24, 2.45) is 10.8 Å². The summed E-state index contributed by atoms with van der Waals surface area (Å²) in [6, 6.07) is 0. The molecule has 4 heteroatoms. The van der Waals surface area contributed by atoms with Gasteiger partial charge in [-0.25, -0.2) is 0 Å². The van der Waals surface area contributed by atoms with Crippen LogP contribution in [0, 0.1) is 10.8 Å². The summed E-state index contributed by atoms with van der Waals surface area (Å²) in [7, 11) is -3.82. The summed E-state index contributed by atoms with van der Waals surface area (Å²) >= 11 is 0. The summed E-state index contributed by atoms with van der Waals surface area (Å²) in [5.74, 6) is -0.155. The van der Waals surface area contributed by atoms with Crippen LogP contribution in [0.4, 0.5) is 0 Å². The molecule has 80 valence electrons. The van der Waals surface area contributed by atoms with E-state index in [9.17, 15) is 8.42 Å². The molecule has 0 aliphatic carbocycles. The van der Waals surface area contributed by atoms with Crippen molar-refractivity contribution >= 4 is 10.1 Å². The average Bonchev–Trinajstić information content (AvgIpc) is 1.79. The van der Waals surface area contributed by atoms with Crippen molar-refractivity contribution in [1.29, 1.82) is 0 Å². The first-order valence-corrected chi connectivity index (χ1v) is 6.02. The van der Waals surface area contributed by atoms with E-state index in [0.29, 0.717) is 6.42 Å². The van der Waals surface area contributed by atoms with E-state index < -0.39 is 10.1 Å². The van der Waals surface area contributed by atoms with Crippen LogP contribution in [0.15, 0.2) is 0 Å². The minimum Gasteiger partial charge on any atom is -0.286 e. The second-order valence-electron chi connectivity index (χ2n) is 5.17. The summed E-state index contributed by atoms with van der Waals surface area (Å²) in [4.78, 5) is 0. The van der Waals surface area contributed by atoms with Gasteiger partial charge in [0.05, 0.1) is 5.75 Å². The molecule has 1 N–H and O–H groups in total. The highest BCUT2D eigenvalue weighted by Crippen LogP contribution is 2.40. The van der Waals surface area contributed by atoms with E-state index in [4.69, 9.17) is 4.55 Å². The molecule has 0 fully saturated rings. The van der Waals surface area contributed by atoms with Crippen molar-refractivity contribution in [3.8, 4) is 0 Å². The molecule has 3 nitrogen and oxygen atoms in total. The number of hydrogen-bond acceptors (Lipinski definition) is 2. The predicted octanol–water partition coefficient (Wildman–Crippen LogP) is 2.34. The van der Waals surface area contributed by atoms with Crippen molar-refractivity contribution in [2.75, 3.05) is 5.75 Å². The van der Waals surface area contributed by atoms with Crippen LogP contribution in [0.25, 0.3) is 0 Å². The Morgan fingerprint density at radius 1 is 1.08 bits per heavy atom. The van der Waals surface area contributed by atoms with Crippen LogP contribution < -0.4 is 0 Å². The predicted molar refractivity (Wildman–Crippen MR) is 54.3 cm³/mol. The molecule has 0 saturated carbocycles. The minimum atomic E-state index is -3.82. The van der Waals surface area contributed by atoms with Crippen molar-refractivity contribution < 1.29 is 13.0 Å². The van der Waals surface area contributed by atoms with Crippen molar-refractivity contribution in [3.63, 3.8) is 0 Å². The fourth-order valence-corrected chi connectivity index (χ4v) is 1.53. The maximum atomic E-state index is 10.6. The molecule has 0 bridgehead atoms. The van der Waals surface area contributed by atoms with E-state index in [1.165, 1.54) is 0 Å². The van der Waals surface area contributed by atoms with Gasteiger partial charge in [0.25, 0.3) is 10.1 Å².